The summed E-state index contributed by atoms with van der Waals surface area (Å²) in [6, 6.07) is 7.56. The Morgan fingerprint density at radius 2 is 1.81 bits per heavy atom. The molecule has 1 aromatic carbocycles. The monoisotopic (exact) mass is 301 g/mol. The van der Waals surface area contributed by atoms with E-state index in [9.17, 15) is 22.7 Å². The zero-order chi connectivity index (χ0) is 15.5. The molecule has 0 amide bonds. The number of benzene rings is 1. The summed E-state index contributed by atoms with van der Waals surface area (Å²) in [7, 11) is 0. The number of hydrogen-bond acceptors (Lipinski definition) is 3. The first-order valence-electron chi connectivity index (χ1n) is 5.98. The van der Waals surface area contributed by atoms with Gasteiger partial charge in [0.25, 0.3) is 0 Å². The van der Waals surface area contributed by atoms with E-state index < -0.39 is 18.3 Å². The van der Waals surface area contributed by atoms with Crippen LogP contribution in [0.2, 0.25) is 0 Å². The van der Waals surface area contributed by atoms with E-state index in [-0.39, 0.29) is 17.9 Å². The summed E-state index contributed by atoms with van der Waals surface area (Å²) in [4.78, 5) is 3.74. The van der Waals surface area contributed by atoms with Crippen molar-refractivity contribution in [1.29, 1.82) is 0 Å². The molecule has 112 valence electrons. The van der Waals surface area contributed by atoms with Gasteiger partial charge < -0.3 is 9.84 Å². The number of nitrogens with zero attached hydrogens (tertiary/aromatic N) is 1. The molecule has 3 nitrogen and oxygen atoms in total. The Morgan fingerprint density at radius 3 is 2.38 bits per heavy atom. The molecule has 2 aromatic rings. The summed E-state index contributed by atoms with van der Waals surface area (Å²) >= 11 is 0. The molecule has 0 radical (unpaired) electrons. The molecule has 0 aliphatic rings. The van der Waals surface area contributed by atoms with Crippen LogP contribution < -0.4 is 4.74 Å². The third-order valence-corrected chi connectivity index (χ3v) is 2.69. The summed E-state index contributed by atoms with van der Waals surface area (Å²) in [5.41, 5.74) is 0.426. The first-order chi connectivity index (χ1) is 9.85. The Kier molecular flexibility index (Phi) is 4.42. The minimum Gasteiger partial charge on any atom is -0.406 e. The maximum Gasteiger partial charge on any atom is 0.573 e. The zero-order valence-corrected chi connectivity index (χ0v) is 10.6. The number of ether oxygens (including phenoxy) is 1. The molecule has 21 heavy (non-hydrogen) atoms. The molecule has 0 bridgehead atoms. The van der Waals surface area contributed by atoms with Gasteiger partial charge in [-0.15, -0.1) is 13.2 Å². The van der Waals surface area contributed by atoms with Gasteiger partial charge in [0.2, 0.25) is 0 Å². The van der Waals surface area contributed by atoms with Crippen molar-refractivity contribution in [2.75, 3.05) is 0 Å². The number of pyridine rings is 1. The van der Waals surface area contributed by atoms with Crippen LogP contribution in [0.15, 0.2) is 42.6 Å². The van der Waals surface area contributed by atoms with Crippen LogP contribution in [-0.2, 0) is 6.42 Å². The third kappa shape index (κ3) is 4.42. The summed E-state index contributed by atoms with van der Waals surface area (Å²) in [5, 5.41) is 9.90. The molecule has 0 fully saturated rings. The summed E-state index contributed by atoms with van der Waals surface area (Å²) in [6.45, 7) is 0. The van der Waals surface area contributed by atoms with E-state index in [2.05, 4.69) is 9.72 Å². The average molecular weight is 301 g/mol. The van der Waals surface area contributed by atoms with Crippen LogP contribution in [0.4, 0.5) is 17.6 Å². The highest BCUT2D eigenvalue weighted by Gasteiger charge is 2.31. The van der Waals surface area contributed by atoms with Crippen LogP contribution in [-0.4, -0.2) is 16.5 Å². The molecule has 1 unspecified atom stereocenters. The van der Waals surface area contributed by atoms with Gasteiger partial charge in [-0.3, -0.25) is 4.98 Å². The molecule has 0 aliphatic heterocycles. The molecule has 0 aliphatic carbocycles. The Bertz CT molecular complexity index is 599. The van der Waals surface area contributed by atoms with Crippen LogP contribution in [0.25, 0.3) is 0 Å². The van der Waals surface area contributed by atoms with Gasteiger partial charge in [0.1, 0.15) is 23.4 Å². The zero-order valence-electron chi connectivity index (χ0n) is 10.6. The van der Waals surface area contributed by atoms with Gasteiger partial charge in [0.15, 0.2) is 0 Å². The van der Waals surface area contributed by atoms with E-state index in [0.717, 1.165) is 12.1 Å². The quantitative estimate of drug-likeness (QED) is 0.880. The van der Waals surface area contributed by atoms with Gasteiger partial charge in [0, 0.05) is 12.6 Å². The summed E-state index contributed by atoms with van der Waals surface area (Å²) in [6.07, 6.45) is -4.55. The fourth-order valence-corrected chi connectivity index (χ4v) is 1.79. The SMILES string of the molecule is OC(Cc1ccc(OC(F)(F)F)cc1)c1ncccc1F. The first-order valence-corrected chi connectivity index (χ1v) is 5.98. The van der Waals surface area contributed by atoms with E-state index in [1.807, 2.05) is 0 Å². The van der Waals surface area contributed by atoms with Crippen LogP contribution in [0.1, 0.15) is 17.4 Å². The molecule has 0 spiro atoms. The average Bonchev–Trinajstić information content (AvgIpc) is 2.40. The van der Waals surface area contributed by atoms with Crippen molar-refractivity contribution in [3.63, 3.8) is 0 Å². The second kappa shape index (κ2) is 6.09. The fourth-order valence-electron chi connectivity index (χ4n) is 1.79. The Morgan fingerprint density at radius 1 is 1.14 bits per heavy atom. The lowest BCUT2D eigenvalue weighted by Gasteiger charge is -2.12. The van der Waals surface area contributed by atoms with Crippen LogP contribution >= 0.6 is 0 Å². The van der Waals surface area contributed by atoms with Crippen molar-refractivity contribution in [3.8, 4) is 5.75 Å². The largest absolute Gasteiger partial charge is 0.573 e. The molecule has 2 rings (SSSR count). The van der Waals surface area contributed by atoms with E-state index >= 15 is 0 Å². The highest BCUT2D eigenvalue weighted by molar-refractivity contribution is 5.28. The van der Waals surface area contributed by atoms with E-state index in [1.165, 1.54) is 30.5 Å². The Labute approximate surface area is 117 Å². The molecule has 1 aromatic heterocycles. The molecular weight excluding hydrogens is 290 g/mol. The summed E-state index contributed by atoms with van der Waals surface area (Å²) in [5.74, 6) is -0.994. The van der Waals surface area contributed by atoms with Crippen molar-refractivity contribution >= 4 is 0 Å². The number of aliphatic hydroxyl groups excluding tert-OH is 1. The number of halogens is 4. The van der Waals surface area contributed by atoms with Gasteiger partial charge in [-0.25, -0.2) is 4.39 Å². The van der Waals surface area contributed by atoms with Gasteiger partial charge in [-0.1, -0.05) is 12.1 Å². The maximum absolute atomic E-state index is 13.4. The minimum absolute atomic E-state index is 0.0280. The number of alkyl halides is 3. The number of aliphatic hydroxyl groups is 1. The van der Waals surface area contributed by atoms with Crippen molar-refractivity contribution in [2.45, 2.75) is 18.9 Å². The lowest BCUT2D eigenvalue weighted by atomic mass is 10.0. The first kappa shape index (κ1) is 15.2. The third-order valence-electron chi connectivity index (χ3n) is 2.69. The number of rotatable bonds is 4. The highest BCUT2D eigenvalue weighted by atomic mass is 19.4. The smallest absolute Gasteiger partial charge is 0.406 e. The van der Waals surface area contributed by atoms with Gasteiger partial charge in [0.05, 0.1) is 0 Å². The second-order valence-corrected chi connectivity index (χ2v) is 4.28. The standard InChI is InChI=1S/C14H11F4NO2/c15-11-2-1-7-19-13(11)12(20)8-9-3-5-10(6-4-9)21-14(16,17)18/h1-7,12,20H,8H2. The van der Waals surface area contributed by atoms with Crippen molar-refractivity contribution < 1.29 is 27.4 Å². The van der Waals surface area contributed by atoms with Gasteiger partial charge >= 0.3 is 6.36 Å². The van der Waals surface area contributed by atoms with E-state index in [1.54, 1.807) is 0 Å². The fraction of sp³-hybridized carbons (Fsp3) is 0.214. The van der Waals surface area contributed by atoms with Crippen molar-refractivity contribution in [1.82, 2.24) is 4.98 Å². The van der Waals surface area contributed by atoms with Crippen molar-refractivity contribution in [2.24, 2.45) is 0 Å². The minimum atomic E-state index is -4.75. The van der Waals surface area contributed by atoms with Gasteiger partial charge in [-0.05, 0) is 29.8 Å². The normalized spacial score (nSPS) is 13.0. The molecule has 0 saturated carbocycles. The number of aromatic nitrogens is 1. The lowest BCUT2D eigenvalue weighted by molar-refractivity contribution is -0.274. The van der Waals surface area contributed by atoms with Crippen LogP contribution in [0.5, 0.6) is 5.75 Å². The molecule has 1 heterocycles. The van der Waals surface area contributed by atoms with Crippen LogP contribution in [0.3, 0.4) is 0 Å². The highest BCUT2D eigenvalue weighted by Crippen LogP contribution is 2.24. The Balaban J connectivity index is 2.05. The van der Waals surface area contributed by atoms with Gasteiger partial charge in [-0.2, -0.15) is 0 Å². The predicted molar refractivity (Wildman–Crippen MR) is 66.0 cm³/mol. The predicted octanol–water partition coefficient (Wildman–Crippen LogP) is 3.40. The molecule has 1 N–H and O–H groups in total. The van der Waals surface area contributed by atoms with Crippen molar-refractivity contribution in [3.05, 3.63) is 59.7 Å². The maximum atomic E-state index is 13.4. The van der Waals surface area contributed by atoms with E-state index in [0.29, 0.717) is 5.56 Å². The summed E-state index contributed by atoms with van der Waals surface area (Å²) < 4.78 is 53.2. The molecular formula is C14H11F4NO2. The molecule has 0 saturated heterocycles. The number of hydrogen-bond donors (Lipinski definition) is 1. The molecule has 1 atom stereocenters. The second-order valence-electron chi connectivity index (χ2n) is 4.28. The van der Waals surface area contributed by atoms with E-state index in [4.69, 9.17) is 0 Å². The molecule has 7 heteroatoms. The lowest BCUT2D eigenvalue weighted by Crippen LogP contribution is -2.17. The Hall–Kier alpha value is -2.15. The topological polar surface area (TPSA) is 42.4 Å². The van der Waals surface area contributed by atoms with Crippen LogP contribution in [0, 0.1) is 5.82 Å².